The molecule has 0 aromatic heterocycles. The maximum absolute atomic E-state index is 11.7. The number of carbonyl (C=O) groups excluding carboxylic acids is 1. The summed E-state index contributed by atoms with van der Waals surface area (Å²) in [5, 5.41) is 11.3. The van der Waals surface area contributed by atoms with Gasteiger partial charge in [-0.2, -0.15) is 0 Å². The van der Waals surface area contributed by atoms with Crippen LogP contribution in [0.3, 0.4) is 0 Å². The molecule has 0 N–H and O–H groups in total. The Hall–Kier alpha value is -2.15. The Kier molecular flexibility index (Phi) is 4.13. The molecule has 0 spiro atoms. The molecule has 7 nitrogen and oxygen atoms in total. The van der Waals surface area contributed by atoms with Crippen LogP contribution in [0, 0.1) is 10.1 Å². The van der Waals surface area contributed by atoms with E-state index in [1.807, 2.05) is 18.7 Å². The van der Waals surface area contributed by atoms with Gasteiger partial charge in [0.2, 0.25) is 0 Å². The van der Waals surface area contributed by atoms with E-state index in [0.29, 0.717) is 31.0 Å². The van der Waals surface area contributed by atoms with Gasteiger partial charge in [0.15, 0.2) is 0 Å². The lowest BCUT2D eigenvalue weighted by Crippen LogP contribution is -2.53. The van der Waals surface area contributed by atoms with Gasteiger partial charge in [0, 0.05) is 12.6 Å². The summed E-state index contributed by atoms with van der Waals surface area (Å²) >= 11 is 0. The number of hydrogen-bond donors (Lipinski definition) is 0. The van der Waals surface area contributed by atoms with Crippen molar-refractivity contribution in [3.63, 3.8) is 0 Å². The van der Waals surface area contributed by atoms with E-state index in [0.717, 1.165) is 0 Å². The average Bonchev–Trinajstić information content (AvgIpc) is 2.45. The van der Waals surface area contributed by atoms with Crippen molar-refractivity contribution in [3.05, 3.63) is 33.9 Å². The number of anilines is 1. The summed E-state index contributed by atoms with van der Waals surface area (Å²) in [6.07, 6.45) is 0. The smallest absolute Gasteiger partial charge is 0.337 e. The lowest BCUT2D eigenvalue weighted by molar-refractivity contribution is -0.384. The topological polar surface area (TPSA) is 81.9 Å². The van der Waals surface area contributed by atoms with Crippen LogP contribution >= 0.6 is 0 Å². The predicted molar refractivity (Wildman–Crippen MR) is 76.7 cm³/mol. The van der Waals surface area contributed by atoms with Gasteiger partial charge in [0.25, 0.3) is 5.69 Å². The second kappa shape index (κ2) is 5.69. The van der Waals surface area contributed by atoms with Gasteiger partial charge in [0.05, 0.1) is 36.3 Å². The molecule has 1 fully saturated rings. The fraction of sp³-hybridized carbons (Fsp3) is 0.500. The third-order valence-electron chi connectivity index (χ3n) is 3.53. The van der Waals surface area contributed by atoms with Crippen molar-refractivity contribution in [2.45, 2.75) is 19.4 Å². The van der Waals surface area contributed by atoms with Gasteiger partial charge in [-0.25, -0.2) is 4.79 Å². The lowest BCUT2D eigenvalue weighted by atomic mass is 10.00. The molecule has 0 unspecified atom stereocenters. The average molecular weight is 294 g/mol. The Labute approximate surface area is 122 Å². The molecule has 1 aromatic carbocycles. The van der Waals surface area contributed by atoms with E-state index >= 15 is 0 Å². The number of hydrogen-bond acceptors (Lipinski definition) is 6. The summed E-state index contributed by atoms with van der Waals surface area (Å²) < 4.78 is 10.1. The van der Waals surface area contributed by atoms with Crippen LogP contribution in [-0.4, -0.2) is 43.3 Å². The van der Waals surface area contributed by atoms with Crippen molar-refractivity contribution in [2.75, 3.05) is 31.8 Å². The maximum atomic E-state index is 11.7. The van der Waals surface area contributed by atoms with Crippen molar-refractivity contribution in [1.82, 2.24) is 0 Å². The van der Waals surface area contributed by atoms with Gasteiger partial charge in [-0.05, 0) is 26.0 Å². The van der Waals surface area contributed by atoms with Crippen molar-refractivity contribution >= 4 is 17.3 Å². The van der Waals surface area contributed by atoms with Gasteiger partial charge in [-0.3, -0.25) is 10.1 Å². The number of nitro groups is 1. The summed E-state index contributed by atoms with van der Waals surface area (Å²) in [6, 6.07) is 4.26. The molecule has 0 amide bonds. The summed E-state index contributed by atoms with van der Waals surface area (Å²) in [7, 11) is 1.28. The van der Waals surface area contributed by atoms with Crippen molar-refractivity contribution in [2.24, 2.45) is 0 Å². The monoisotopic (exact) mass is 294 g/mol. The highest BCUT2D eigenvalue weighted by Crippen LogP contribution is 2.35. The molecule has 1 saturated heterocycles. The Morgan fingerprint density at radius 1 is 1.48 bits per heavy atom. The zero-order valence-electron chi connectivity index (χ0n) is 12.3. The lowest BCUT2D eigenvalue weighted by Gasteiger charge is -2.43. The molecule has 7 heteroatoms. The highest BCUT2D eigenvalue weighted by Gasteiger charge is 2.34. The fourth-order valence-corrected chi connectivity index (χ4v) is 2.44. The highest BCUT2D eigenvalue weighted by atomic mass is 16.6. The van der Waals surface area contributed by atoms with Gasteiger partial charge >= 0.3 is 5.97 Å². The van der Waals surface area contributed by atoms with Crippen LogP contribution in [0.4, 0.5) is 11.4 Å². The van der Waals surface area contributed by atoms with E-state index in [9.17, 15) is 14.9 Å². The van der Waals surface area contributed by atoms with E-state index in [1.54, 1.807) is 0 Å². The summed E-state index contributed by atoms with van der Waals surface area (Å²) in [5.74, 6) is -0.516. The number of morpholine rings is 1. The Morgan fingerprint density at radius 3 is 2.76 bits per heavy atom. The predicted octanol–water partition coefficient (Wildman–Crippen LogP) is 2.00. The minimum absolute atomic E-state index is 0.0300. The molecule has 0 radical (unpaired) electrons. The second-order valence-corrected chi connectivity index (χ2v) is 5.47. The second-order valence-electron chi connectivity index (χ2n) is 5.47. The Balaban J connectivity index is 2.52. The first-order valence-electron chi connectivity index (χ1n) is 6.59. The maximum Gasteiger partial charge on any atom is 0.337 e. The van der Waals surface area contributed by atoms with Gasteiger partial charge < -0.3 is 14.4 Å². The highest BCUT2D eigenvalue weighted by molar-refractivity contribution is 5.91. The van der Waals surface area contributed by atoms with Gasteiger partial charge in [-0.1, -0.05) is 0 Å². The van der Waals surface area contributed by atoms with Crippen LogP contribution in [0.5, 0.6) is 0 Å². The third kappa shape index (κ3) is 2.97. The molecule has 1 aliphatic rings. The van der Waals surface area contributed by atoms with E-state index < -0.39 is 16.4 Å². The number of rotatable bonds is 3. The van der Waals surface area contributed by atoms with Crippen LogP contribution in [0.25, 0.3) is 0 Å². The van der Waals surface area contributed by atoms with Crippen molar-refractivity contribution in [3.8, 4) is 0 Å². The molecule has 1 heterocycles. The molecular formula is C14H18N2O5. The molecule has 0 aliphatic carbocycles. The summed E-state index contributed by atoms with van der Waals surface area (Å²) in [4.78, 5) is 24.4. The standard InChI is InChI=1S/C14H18N2O5/c1-14(2)9-21-7-6-15(14)12-8-10(13(17)20-3)4-5-11(12)16(18)19/h4-5,8H,6-7,9H2,1-3H3. The molecule has 21 heavy (non-hydrogen) atoms. The van der Waals surface area contributed by atoms with Gasteiger partial charge in [0.1, 0.15) is 5.69 Å². The first kappa shape index (κ1) is 15.2. The first-order valence-corrected chi connectivity index (χ1v) is 6.59. The SMILES string of the molecule is COC(=O)c1ccc([N+](=O)[O-])c(N2CCOCC2(C)C)c1. The van der Waals surface area contributed by atoms with E-state index in [4.69, 9.17) is 4.74 Å². The van der Waals surface area contributed by atoms with Crippen LogP contribution in [-0.2, 0) is 9.47 Å². The summed E-state index contributed by atoms with van der Waals surface area (Å²) in [6.45, 7) is 5.37. The minimum Gasteiger partial charge on any atom is -0.465 e. The third-order valence-corrected chi connectivity index (χ3v) is 3.53. The zero-order chi connectivity index (χ0) is 15.6. The number of ether oxygens (including phenoxy) is 2. The molecule has 0 atom stereocenters. The number of esters is 1. The molecular weight excluding hydrogens is 276 g/mol. The molecule has 114 valence electrons. The number of benzene rings is 1. The van der Waals surface area contributed by atoms with E-state index in [-0.39, 0.29) is 5.69 Å². The quantitative estimate of drug-likeness (QED) is 0.482. The van der Waals surface area contributed by atoms with Gasteiger partial charge in [-0.15, -0.1) is 0 Å². The largest absolute Gasteiger partial charge is 0.465 e. The first-order chi connectivity index (χ1) is 9.86. The molecule has 1 aromatic rings. The Bertz CT molecular complexity index is 570. The molecule has 0 bridgehead atoms. The van der Waals surface area contributed by atoms with Crippen LogP contribution < -0.4 is 4.90 Å². The fourth-order valence-electron chi connectivity index (χ4n) is 2.44. The molecule has 2 rings (SSSR count). The van der Waals surface area contributed by atoms with Crippen LogP contribution in [0.15, 0.2) is 18.2 Å². The van der Waals surface area contributed by atoms with E-state index in [2.05, 4.69) is 4.74 Å². The normalized spacial score (nSPS) is 17.4. The molecule has 0 saturated carbocycles. The Morgan fingerprint density at radius 2 is 2.19 bits per heavy atom. The van der Waals surface area contributed by atoms with Crippen LogP contribution in [0.2, 0.25) is 0 Å². The number of nitrogens with zero attached hydrogens (tertiary/aromatic N) is 2. The zero-order valence-corrected chi connectivity index (χ0v) is 12.3. The van der Waals surface area contributed by atoms with Crippen LogP contribution in [0.1, 0.15) is 24.2 Å². The van der Waals surface area contributed by atoms with Crippen molar-refractivity contribution < 1.29 is 19.2 Å². The summed E-state index contributed by atoms with van der Waals surface area (Å²) in [5.41, 5.74) is 0.284. The molecule has 1 aliphatic heterocycles. The number of carbonyl (C=O) groups is 1. The van der Waals surface area contributed by atoms with E-state index in [1.165, 1.54) is 25.3 Å². The van der Waals surface area contributed by atoms with Crippen molar-refractivity contribution in [1.29, 1.82) is 0 Å². The number of methoxy groups -OCH3 is 1. The number of nitro benzene ring substituents is 1. The minimum atomic E-state index is -0.516.